The van der Waals surface area contributed by atoms with Gasteiger partial charge in [-0.05, 0) is 30.3 Å². The van der Waals surface area contributed by atoms with Gasteiger partial charge in [-0.15, -0.1) is 11.3 Å². The van der Waals surface area contributed by atoms with E-state index < -0.39 is 0 Å². The third-order valence-corrected chi connectivity index (χ3v) is 8.32. The highest BCUT2D eigenvalue weighted by Crippen LogP contribution is 2.52. The number of hydrogen-bond donors (Lipinski definition) is 0. The monoisotopic (exact) mass is 441 g/mol. The largest absolute Gasteiger partial charge is 0.484 e. The van der Waals surface area contributed by atoms with E-state index in [1.807, 2.05) is 11.3 Å². The van der Waals surface area contributed by atoms with Crippen LogP contribution in [-0.4, -0.2) is 10.7 Å². The first-order valence-corrected chi connectivity index (χ1v) is 12.2. The fraction of sp³-hybridized carbons (Fsp3) is 0.0667. The molecule has 33 heavy (non-hydrogen) atoms. The molecule has 3 heterocycles. The number of rotatable bonds is 1. The van der Waals surface area contributed by atoms with Crippen LogP contribution in [0.1, 0.15) is 11.5 Å². The molecule has 0 bridgehead atoms. The number of benzene rings is 4. The fourth-order valence-corrected chi connectivity index (χ4v) is 6.92. The summed E-state index contributed by atoms with van der Waals surface area (Å²) in [5.74, 6) is 1.30. The van der Waals surface area contributed by atoms with E-state index in [-0.39, 0.29) is 12.0 Å². The van der Waals surface area contributed by atoms with Crippen LogP contribution in [0.25, 0.3) is 47.7 Å². The molecule has 2 aliphatic rings. The van der Waals surface area contributed by atoms with Crippen LogP contribution < -0.4 is 4.74 Å². The molecule has 2 atom stereocenters. The summed E-state index contributed by atoms with van der Waals surface area (Å²) < 4.78 is 11.6. The van der Waals surface area contributed by atoms with Gasteiger partial charge in [-0.1, -0.05) is 72.8 Å². The zero-order valence-electron chi connectivity index (χ0n) is 17.7. The predicted octanol–water partition coefficient (Wildman–Crippen LogP) is 8.12. The highest BCUT2D eigenvalue weighted by Gasteiger charge is 2.35. The van der Waals surface area contributed by atoms with Crippen LogP contribution in [0.5, 0.6) is 5.75 Å². The zero-order chi connectivity index (χ0) is 21.5. The van der Waals surface area contributed by atoms with Crippen molar-refractivity contribution in [1.82, 2.24) is 4.57 Å². The molecule has 8 rings (SSSR count). The molecule has 2 nitrogen and oxygen atoms in total. The van der Waals surface area contributed by atoms with E-state index in [2.05, 4.69) is 108 Å². The zero-order valence-corrected chi connectivity index (χ0v) is 18.5. The summed E-state index contributed by atoms with van der Waals surface area (Å²) in [4.78, 5) is 0. The number of fused-ring (bicyclic) bond motifs is 10. The van der Waals surface area contributed by atoms with Crippen LogP contribution in [0.3, 0.4) is 0 Å². The highest BCUT2D eigenvalue weighted by molar-refractivity contribution is 7.26. The van der Waals surface area contributed by atoms with Crippen molar-refractivity contribution in [1.29, 1.82) is 0 Å². The van der Waals surface area contributed by atoms with E-state index >= 15 is 0 Å². The number of para-hydroxylation sites is 2. The average molecular weight is 442 g/mol. The Kier molecular flexibility index (Phi) is 3.42. The van der Waals surface area contributed by atoms with Gasteiger partial charge in [0.25, 0.3) is 0 Å². The summed E-state index contributed by atoms with van der Waals surface area (Å²) in [6.45, 7) is 0. The van der Waals surface area contributed by atoms with E-state index in [1.165, 1.54) is 53.2 Å². The third kappa shape index (κ3) is 2.27. The molecule has 156 valence electrons. The van der Waals surface area contributed by atoms with Crippen molar-refractivity contribution in [3.8, 4) is 11.4 Å². The molecule has 0 fully saturated rings. The summed E-state index contributed by atoms with van der Waals surface area (Å²) in [5, 5.41) is 5.11. The molecule has 1 aliphatic carbocycles. The van der Waals surface area contributed by atoms with Crippen LogP contribution >= 0.6 is 11.3 Å². The summed E-state index contributed by atoms with van der Waals surface area (Å²) in [6, 6.07) is 28.6. The average Bonchev–Trinajstić information content (AvgIpc) is 3.53. The fourth-order valence-electron chi connectivity index (χ4n) is 5.71. The van der Waals surface area contributed by atoms with Gasteiger partial charge in [0, 0.05) is 37.7 Å². The minimum Gasteiger partial charge on any atom is -0.484 e. The van der Waals surface area contributed by atoms with Crippen LogP contribution in [0, 0.1) is 0 Å². The van der Waals surface area contributed by atoms with Gasteiger partial charge >= 0.3 is 0 Å². The number of hydrogen-bond acceptors (Lipinski definition) is 2. The van der Waals surface area contributed by atoms with E-state index in [9.17, 15) is 0 Å². The molecule has 2 aromatic heterocycles. The first kappa shape index (κ1) is 17.7. The molecule has 0 N–H and O–H groups in total. The van der Waals surface area contributed by atoms with E-state index in [0.717, 1.165) is 5.75 Å². The van der Waals surface area contributed by atoms with Crippen LogP contribution in [-0.2, 0) is 0 Å². The maximum Gasteiger partial charge on any atom is 0.133 e. The second-order valence-electron chi connectivity index (χ2n) is 8.86. The number of ether oxygens (including phenoxy) is 1. The molecule has 1 aliphatic heterocycles. The summed E-state index contributed by atoms with van der Waals surface area (Å²) >= 11 is 1.87. The van der Waals surface area contributed by atoms with Crippen LogP contribution in [0.15, 0.2) is 103 Å². The first-order valence-electron chi connectivity index (χ1n) is 11.4. The maximum atomic E-state index is 6.60. The molecule has 6 aromatic rings. The predicted molar refractivity (Wildman–Crippen MR) is 139 cm³/mol. The molecule has 0 radical (unpaired) electrons. The van der Waals surface area contributed by atoms with Gasteiger partial charge in [-0.3, -0.25) is 0 Å². The van der Waals surface area contributed by atoms with Gasteiger partial charge in [0.1, 0.15) is 11.9 Å². The smallest absolute Gasteiger partial charge is 0.133 e. The topological polar surface area (TPSA) is 14.2 Å². The molecule has 0 saturated carbocycles. The van der Waals surface area contributed by atoms with Crippen molar-refractivity contribution in [3.63, 3.8) is 0 Å². The van der Waals surface area contributed by atoms with Gasteiger partial charge in [-0.2, -0.15) is 0 Å². The van der Waals surface area contributed by atoms with Gasteiger partial charge in [0.15, 0.2) is 0 Å². The van der Waals surface area contributed by atoms with Crippen molar-refractivity contribution in [3.05, 3.63) is 109 Å². The van der Waals surface area contributed by atoms with Gasteiger partial charge < -0.3 is 9.30 Å². The molecule has 0 saturated heterocycles. The van der Waals surface area contributed by atoms with Crippen molar-refractivity contribution >= 4 is 53.3 Å². The lowest BCUT2D eigenvalue weighted by Gasteiger charge is -2.14. The van der Waals surface area contributed by atoms with Gasteiger partial charge in [-0.25, -0.2) is 0 Å². The second kappa shape index (κ2) is 6.37. The first-order chi connectivity index (χ1) is 16.4. The number of aromatic nitrogens is 1. The van der Waals surface area contributed by atoms with Crippen molar-refractivity contribution < 1.29 is 4.74 Å². The molecule has 4 aromatic carbocycles. The van der Waals surface area contributed by atoms with Gasteiger partial charge in [0.2, 0.25) is 0 Å². The second-order valence-corrected chi connectivity index (χ2v) is 9.92. The Bertz CT molecular complexity index is 1760. The lowest BCUT2D eigenvalue weighted by Crippen LogP contribution is -2.15. The van der Waals surface area contributed by atoms with E-state index in [0.29, 0.717) is 0 Å². The summed E-state index contributed by atoms with van der Waals surface area (Å²) in [6.07, 6.45) is 8.79. The molecule has 3 heteroatoms. The maximum absolute atomic E-state index is 6.60. The minimum atomic E-state index is 0.0697. The number of nitrogens with zero attached hydrogens (tertiary/aromatic N) is 1. The standard InChI is InChI=1S/C30H19NOS/c1-5-13-23-18(9-1)19-10-2-6-14-24(19)31(23)25-17-22-20-11-3-7-15-26(20)32-29(22)28-21-12-4-8-16-27(21)33-30(25)28/h1-17,20,26H. The Balaban J connectivity index is 1.58. The Labute approximate surface area is 194 Å². The number of allylic oxidation sites excluding steroid dienone is 2. The molecular formula is C30H19NOS. The van der Waals surface area contributed by atoms with Crippen LogP contribution in [0.2, 0.25) is 0 Å². The Morgan fingerprint density at radius 1 is 0.727 bits per heavy atom. The Morgan fingerprint density at radius 3 is 2.18 bits per heavy atom. The summed E-state index contributed by atoms with van der Waals surface area (Å²) in [7, 11) is 0. The molecule has 0 spiro atoms. The van der Waals surface area contributed by atoms with E-state index in [4.69, 9.17) is 4.74 Å². The van der Waals surface area contributed by atoms with Crippen molar-refractivity contribution in [2.24, 2.45) is 0 Å². The van der Waals surface area contributed by atoms with Gasteiger partial charge in [0.05, 0.1) is 21.4 Å². The normalized spacial score (nSPS) is 18.9. The Hall–Kier alpha value is -3.82. The van der Waals surface area contributed by atoms with Crippen molar-refractivity contribution in [2.75, 3.05) is 0 Å². The highest BCUT2D eigenvalue weighted by atomic mass is 32.1. The van der Waals surface area contributed by atoms with Crippen molar-refractivity contribution in [2.45, 2.75) is 12.0 Å². The third-order valence-electron chi connectivity index (χ3n) is 7.13. The summed E-state index contributed by atoms with van der Waals surface area (Å²) in [5.41, 5.74) is 5.02. The SMILES string of the molecule is C1=CC2Oc3c(cc(-n4c5ccccc5c5ccccc54)c4sc5ccccc5c34)C2C=C1. The molecule has 0 amide bonds. The Morgan fingerprint density at radius 2 is 1.39 bits per heavy atom. The lowest BCUT2D eigenvalue weighted by molar-refractivity contribution is 0.271. The minimum absolute atomic E-state index is 0.0697. The number of thiophene rings is 1. The quantitative estimate of drug-likeness (QED) is 0.251. The van der Waals surface area contributed by atoms with Crippen LogP contribution in [0.4, 0.5) is 0 Å². The van der Waals surface area contributed by atoms with E-state index in [1.54, 1.807) is 0 Å². The molecule has 2 unspecified atom stereocenters. The molecular weight excluding hydrogens is 422 g/mol. The lowest BCUT2D eigenvalue weighted by atomic mass is 9.91.